The predicted octanol–water partition coefficient (Wildman–Crippen LogP) is 5.65. The van der Waals surface area contributed by atoms with Crippen LogP contribution in [0.25, 0.3) is 16.3 Å². The van der Waals surface area contributed by atoms with Crippen LogP contribution in [-0.4, -0.2) is 28.9 Å². The van der Waals surface area contributed by atoms with Crippen molar-refractivity contribution < 1.29 is 9.53 Å². The lowest BCUT2D eigenvalue weighted by atomic mass is 10.1. The highest BCUT2D eigenvalue weighted by Crippen LogP contribution is 2.36. The maximum absolute atomic E-state index is 12.9. The number of hydrogen-bond acceptors (Lipinski definition) is 4. The fourth-order valence-electron chi connectivity index (χ4n) is 3.86. The topological polar surface area (TPSA) is 42.4 Å². The summed E-state index contributed by atoms with van der Waals surface area (Å²) in [6.45, 7) is 1.21. The van der Waals surface area contributed by atoms with E-state index in [4.69, 9.17) is 21.3 Å². The number of para-hydroxylation sites is 1. The summed E-state index contributed by atoms with van der Waals surface area (Å²) in [6, 6.07) is 13.7. The second-order valence-electron chi connectivity index (χ2n) is 7.23. The molecule has 6 heteroatoms. The third-order valence-electron chi connectivity index (χ3n) is 5.28. The number of hydrogen-bond donors (Lipinski definition) is 0. The minimum absolute atomic E-state index is 0.0181. The molecule has 5 rings (SSSR count). The van der Waals surface area contributed by atoms with Crippen molar-refractivity contribution in [3.63, 3.8) is 0 Å². The molecule has 29 heavy (non-hydrogen) atoms. The van der Waals surface area contributed by atoms with Gasteiger partial charge in [-0.1, -0.05) is 29.8 Å². The number of amides is 1. The van der Waals surface area contributed by atoms with E-state index in [0.717, 1.165) is 46.8 Å². The fourth-order valence-corrected chi connectivity index (χ4v) is 5.15. The number of aromatic nitrogens is 1. The van der Waals surface area contributed by atoms with Gasteiger partial charge in [-0.3, -0.25) is 4.79 Å². The molecule has 3 aromatic rings. The zero-order chi connectivity index (χ0) is 19.8. The van der Waals surface area contributed by atoms with Crippen molar-refractivity contribution >= 4 is 45.1 Å². The molecule has 0 N–H and O–H groups in total. The van der Waals surface area contributed by atoms with Crippen molar-refractivity contribution in [2.45, 2.75) is 18.9 Å². The Hall–Kier alpha value is -2.63. The molecular formula is C23H19ClN2O2S. The van der Waals surface area contributed by atoms with Gasteiger partial charge in [-0.2, -0.15) is 0 Å². The number of rotatable bonds is 3. The summed E-state index contributed by atoms with van der Waals surface area (Å²) in [6.07, 6.45) is 7.47. The highest BCUT2D eigenvalue weighted by atomic mass is 35.5. The Bertz CT molecular complexity index is 1120. The van der Waals surface area contributed by atoms with Gasteiger partial charge in [-0.25, -0.2) is 4.98 Å². The Morgan fingerprint density at radius 3 is 3.07 bits per heavy atom. The Kier molecular flexibility index (Phi) is 4.86. The highest BCUT2D eigenvalue weighted by molar-refractivity contribution is 7.18. The Morgan fingerprint density at radius 2 is 2.17 bits per heavy atom. The van der Waals surface area contributed by atoms with Crippen LogP contribution >= 0.6 is 22.9 Å². The lowest BCUT2D eigenvalue weighted by molar-refractivity contribution is -0.126. The minimum Gasteiger partial charge on any atom is -0.488 e. The van der Waals surface area contributed by atoms with E-state index >= 15 is 0 Å². The maximum Gasteiger partial charge on any atom is 0.247 e. The summed E-state index contributed by atoms with van der Waals surface area (Å²) in [4.78, 5) is 19.6. The molecule has 2 aliphatic rings. The van der Waals surface area contributed by atoms with Gasteiger partial charge in [0.2, 0.25) is 5.91 Å². The van der Waals surface area contributed by atoms with Crippen LogP contribution in [0.5, 0.6) is 5.75 Å². The molecule has 1 aromatic heterocycles. The summed E-state index contributed by atoms with van der Waals surface area (Å²) in [5, 5.41) is 1.69. The van der Waals surface area contributed by atoms with E-state index in [1.165, 1.54) is 4.70 Å². The predicted molar refractivity (Wildman–Crippen MR) is 117 cm³/mol. The van der Waals surface area contributed by atoms with E-state index in [1.807, 2.05) is 53.5 Å². The SMILES string of the molecule is O=C(/C=C/C1=Cc2cc(Cl)ccc2OC1)N1CCC[C@@H]1c1nc2ccccc2s1. The van der Waals surface area contributed by atoms with E-state index in [2.05, 4.69) is 6.07 Å². The molecule has 146 valence electrons. The maximum atomic E-state index is 12.9. The molecular weight excluding hydrogens is 404 g/mol. The van der Waals surface area contributed by atoms with Crippen LogP contribution in [0, 0.1) is 0 Å². The lowest BCUT2D eigenvalue weighted by Gasteiger charge is -2.21. The number of ether oxygens (including phenoxy) is 1. The van der Waals surface area contributed by atoms with E-state index in [0.29, 0.717) is 11.6 Å². The molecule has 1 fully saturated rings. The third kappa shape index (κ3) is 3.68. The van der Waals surface area contributed by atoms with Gasteiger partial charge in [0.1, 0.15) is 17.4 Å². The second kappa shape index (κ2) is 7.65. The van der Waals surface area contributed by atoms with Crippen LogP contribution in [0.2, 0.25) is 5.02 Å². The van der Waals surface area contributed by atoms with Crippen LogP contribution in [-0.2, 0) is 4.79 Å². The van der Waals surface area contributed by atoms with Gasteiger partial charge in [-0.05, 0) is 54.8 Å². The number of thiazole rings is 1. The average molecular weight is 423 g/mol. The molecule has 0 spiro atoms. The van der Waals surface area contributed by atoms with Crippen molar-refractivity contribution in [2.75, 3.05) is 13.2 Å². The molecule has 2 aliphatic heterocycles. The minimum atomic E-state index is 0.0181. The van der Waals surface area contributed by atoms with Crippen LogP contribution in [0.1, 0.15) is 29.5 Å². The number of carbonyl (C=O) groups excluding carboxylic acids is 1. The lowest BCUT2D eigenvalue weighted by Crippen LogP contribution is -2.28. The molecule has 0 radical (unpaired) electrons. The molecule has 2 aromatic carbocycles. The van der Waals surface area contributed by atoms with Gasteiger partial charge in [0, 0.05) is 23.2 Å². The summed E-state index contributed by atoms with van der Waals surface area (Å²) in [5.41, 5.74) is 2.89. The molecule has 1 saturated heterocycles. The van der Waals surface area contributed by atoms with Crippen molar-refractivity contribution in [1.29, 1.82) is 0 Å². The van der Waals surface area contributed by atoms with Gasteiger partial charge < -0.3 is 9.64 Å². The molecule has 0 aliphatic carbocycles. The van der Waals surface area contributed by atoms with E-state index in [9.17, 15) is 4.79 Å². The number of nitrogens with zero attached hydrogens (tertiary/aromatic N) is 2. The van der Waals surface area contributed by atoms with Crippen molar-refractivity contribution in [3.05, 3.63) is 75.8 Å². The van der Waals surface area contributed by atoms with Gasteiger partial charge in [0.05, 0.1) is 16.3 Å². The van der Waals surface area contributed by atoms with Crippen molar-refractivity contribution in [1.82, 2.24) is 9.88 Å². The molecule has 4 nitrogen and oxygen atoms in total. The van der Waals surface area contributed by atoms with Crippen LogP contribution < -0.4 is 4.74 Å². The van der Waals surface area contributed by atoms with Gasteiger partial charge in [-0.15, -0.1) is 11.3 Å². The van der Waals surface area contributed by atoms with Gasteiger partial charge in [0.15, 0.2) is 0 Å². The molecule has 3 heterocycles. The Balaban J connectivity index is 1.34. The summed E-state index contributed by atoms with van der Waals surface area (Å²) in [7, 11) is 0. The van der Waals surface area contributed by atoms with E-state index in [1.54, 1.807) is 17.4 Å². The largest absolute Gasteiger partial charge is 0.488 e. The quantitative estimate of drug-likeness (QED) is 0.512. The molecule has 0 saturated carbocycles. The Morgan fingerprint density at radius 1 is 1.28 bits per heavy atom. The first-order chi connectivity index (χ1) is 14.2. The van der Waals surface area contributed by atoms with Gasteiger partial charge >= 0.3 is 0 Å². The molecule has 1 atom stereocenters. The number of carbonyl (C=O) groups is 1. The number of fused-ring (bicyclic) bond motifs is 2. The van der Waals surface area contributed by atoms with E-state index in [-0.39, 0.29) is 11.9 Å². The summed E-state index contributed by atoms with van der Waals surface area (Å²) >= 11 is 7.76. The first-order valence-electron chi connectivity index (χ1n) is 9.64. The highest BCUT2D eigenvalue weighted by Gasteiger charge is 2.31. The Labute approximate surface area is 178 Å². The molecule has 1 amide bonds. The van der Waals surface area contributed by atoms with Crippen LogP contribution in [0.3, 0.4) is 0 Å². The van der Waals surface area contributed by atoms with Crippen LogP contribution in [0.15, 0.2) is 60.2 Å². The second-order valence-corrected chi connectivity index (χ2v) is 8.73. The van der Waals surface area contributed by atoms with Gasteiger partial charge in [0.25, 0.3) is 0 Å². The fraction of sp³-hybridized carbons (Fsp3) is 0.217. The summed E-state index contributed by atoms with van der Waals surface area (Å²) < 4.78 is 6.93. The smallest absolute Gasteiger partial charge is 0.247 e. The first kappa shape index (κ1) is 18.4. The third-order valence-corrected chi connectivity index (χ3v) is 6.65. The number of benzene rings is 2. The zero-order valence-electron chi connectivity index (χ0n) is 15.7. The normalized spacial score (nSPS) is 18.7. The monoisotopic (exact) mass is 422 g/mol. The zero-order valence-corrected chi connectivity index (χ0v) is 17.2. The number of likely N-dealkylation sites (tertiary alicyclic amines) is 1. The van der Waals surface area contributed by atoms with Crippen LogP contribution in [0.4, 0.5) is 0 Å². The standard InChI is InChI=1S/C23H19ClN2O2S/c24-17-8-9-20-16(13-17)12-15(14-28-20)7-10-22(27)26-11-3-5-19(26)23-25-18-4-1-2-6-21(18)29-23/h1-2,4,6-10,12-13,19H,3,5,11,14H2/b10-7+/t19-/m1/s1. The molecule has 0 bridgehead atoms. The average Bonchev–Trinajstić information content (AvgIpc) is 3.38. The van der Waals surface area contributed by atoms with Crippen molar-refractivity contribution in [2.24, 2.45) is 0 Å². The van der Waals surface area contributed by atoms with E-state index < -0.39 is 0 Å². The number of halogens is 1. The molecule has 0 unspecified atom stereocenters. The van der Waals surface area contributed by atoms with Crippen molar-refractivity contribution in [3.8, 4) is 5.75 Å². The summed E-state index contributed by atoms with van der Waals surface area (Å²) in [5.74, 6) is 0.831. The first-order valence-corrected chi connectivity index (χ1v) is 10.8.